The van der Waals surface area contributed by atoms with E-state index in [-0.39, 0.29) is 12.0 Å². The lowest BCUT2D eigenvalue weighted by Crippen LogP contribution is -2.45. The first-order valence-electron chi connectivity index (χ1n) is 7.35. The number of carbonyl (C=O) groups is 1. The van der Waals surface area contributed by atoms with Gasteiger partial charge in [0, 0.05) is 5.70 Å². The van der Waals surface area contributed by atoms with E-state index in [1.54, 1.807) is 13.0 Å². The molecule has 0 radical (unpaired) electrons. The molecule has 0 spiro atoms. The Balaban J connectivity index is 2.37. The van der Waals surface area contributed by atoms with Crippen molar-refractivity contribution in [3.05, 3.63) is 53.8 Å². The number of carbonyl (C=O) groups excluding carboxylic acids is 1. The van der Waals surface area contributed by atoms with Crippen molar-refractivity contribution in [3.8, 4) is 5.75 Å². The van der Waals surface area contributed by atoms with E-state index in [9.17, 15) is 4.79 Å². The van der Waals surface area contributed by atoms with Gasteiger partial charge in [-0.15, -0.1) is 0 Å². The number of nitrogens with one attached hydrogen (secondary N) is 2. The van der Waals surface area contributed by atoms with Gasteiger partial charge in [0.05, 0.1) is 18.2 Å². The minimum atomic E-state index is -0.380. The SMILES string of the molecule is C=CCOc1cccc([C@H]2NC(=S)NC(C)=C2C(=O)OCC)c1. The summed E-state index contributed by atoms with van der Waals surface area (Å²) in [7, 11) is 0. The summed E-state index contributed by atoms with van der Waals surface area (Å²) in [5.74, 6) is 0.337. The van der Waals surface area contributed by atoms with Crippen molar-refractivity contribution in [2.24, 2.45) is 0 Å². The Labute approximate surface area is 141 Å². The van der Waals surface area contributed by atoms with Crippen molar-refractivity contribution in [1.82, 2.24) is 10.6 Å². The highest BCUT2D eigenvalue weighted by molar-refractivity contribution is 7.80. The fourth-order valence-corrected chi connectivity index (χ4v) is 2.63. The largest absolute Gasteiger partial charge is 0.490 e. The summed E-state index contributed by atoms with van der Waals surface area (Å²) < 4.78 is 10.7. The third kappa shape index (κ3) is 4.10. The molecule has 1 aromatic carbocycles. The Morgan fingerprint density at radius 2 is 2.26 bits per heavy atom. The summed E-state index contributed by atoms with van der Waals surface area (Å²) in [6.07, 6.45) is 1.68. The molecule has 23 heavy (non-hydrogen) atoms. The highest BCUT2D eigenvalue weighted by Gasteiger charge is 2.30. The van der Waals surface area contributed by atoms with E-state index in [4.69, 9.17) is 21.7 Å². The number of rotatable bonds is 6. The van der Waals surface area contributed by atoms with Gasteiger partial charge in [0.1, 0.15) is 12.4 Å². The molecule has 2 N–H and O–H groups in total. The molecule has 1 aliphatic heterocycles. The molecular weight excluding hydrogens is 312 g/mol. The normalized spacial score (nSPS) is 17.1. The fourth-order valence-electron chi connectivity index (χ4n) is 2.36. The van der Waals surface area contributed by atoms with E-state index in [0.717, 1.165) is 5.56 Å². The minimum Gasteiger partial charge on any atom is -0.490 e. The number of allylic oxidation sites excluding steroid dienone is 1. The number of esters is 1. The van der Waals surface area contributed by atoms with Gasteiger partial charge in [0.15, 0.2) is 5.11 Å². The summed E-state index contributed by atoms with van der Waals surface area (Å²) in [6.45, 7) is 7.95. The number of hydrogen-bond acceptors (Lipinski definition) is 4. The molecule has 0 saturated carbocycles. The van der Waals surface area contributed by atoms with Gasteiger partial charge in [-0.1, -0.05) is 24.8 Å². The summed E-state index contributed by atoms with van der Waals surface area (Å²) in [5, 5.41) is 6.56. The maximum atomic E-state index is 12.3. The lowest BCUT2D eigenvalue weighted by atomic mass is 9.95. The van der Waals surface area contributed by atoms with Crippen molar-refractivity contribution < 1.29 is 14.3 Å². The molecule has 0 aliphatic carbocycles. The number of thiocarbonyl (C=S) groups is 1. The fraction of sp³-hybridized carbons (Fsp3) is 0.294. The number of ether oxygens (including phenoxy) is 2. The molecule has 2 rings (SSSR count). The second-order valence-corrected chi connectivity index (χ2v) is 5.37. The Kier molecular flexibility index (Phi) is 5.76. The second kappa shape index (κ2) is 7.78. The third-order valence-electron chi connectivity index (χ3n) is 3.32. The molecule has 1 aliphatic rings. The maximum absolute atomic E-state index is 12.3. The van der Waals surface area contributed by atoms with Crippen LogP contribution in [0.25, 0.3) is 0 Å². The highest BCUT2D eigenvalue weighted by atomic mass is 32.1. The topological polar surface area (TPSA) is 59.6 Å². The molecule has 0 saturated heterocycles. The predicted molar refractivity (Wildman–Crippen MR) is 93.1 cm³/mol. The zero-order chi connectivity index (χ0) is 16.8. The van der Waals surface area contributed by atoms with Crippen molar-refractivity contribution >= 4 is 23.3 Å². The van der Waals surface area contributed by atoms with Crippen molar-refractivity contribution in [1.29, 1.82) is 0 Å². The molecule has 0 unspecified atom stereocenters. The van der Waals surface area contributed by atoms with Crippen LogP contribution in [0.5, 0.6) is 5.75 Å². The lowest BCUT2D eigenvalue weighted by molar-refractivity contribution is -0.139. The lowest BCUT2D eigenvalue weighted by Gasteiger charge is -2.30. The van der Waals surface area contributed by atoms with Crippen molar-refractivity contribution in [3.63, 3.8) is 0 Å². The molecule has 122 valence electrons. The van der Waals surface area contributed by atoms with E-state index in [2.05, 4.69) is 17.2 Å². The average molecular weight is 332 g/mol. The van der Waals surface area contributed by atoms with Crippen LogP contribution in [0.4, 0.5) is 0 Å². The first-order chi connectivity index (χ1) is 11.1. The van der Waals surface area contributed by atoms with Crippen LogP contribution in [0.15, 0.2) is 48.2 Å². The molecule has 0 amide bonds. The minimum absolute atomic E-state index is 0.315. The predicted octanol–water partition coefficient (Wildman–Crippen LogP) is 2.61. The number of hydrogen-bond donors (Lipinski definition) is 2. The van der Waals surface area contributed by atoms with Crippen LogP contribution in [-0.2, 0) is 9.53 Å². The Morgan fingerprint density at radius 1 is 1.48 bits per heavy atom. The van der Waals surface area contributed by atoms with Gasteiger partial charge in [-0.3, -0.25) is 0 Å². The van der Waals surface area contributed by atoms with Crippen LogP contribution in [0, 0.1) is 0 Å². The summed E-state index contributed by atoms with van der Waals surface area (Å²) in [5.41, 5.74) is 2.08. The van der Waals surface area contributed by atoms with E-state index in [1.165, 1.54) is 0 Å². The summed E-state index contributed by atoms with van der Waals surface area (Å²) in [4.78, 5) is 12.3. The van der Waals surface area contributed by atoms with Gasteiger partial charge < -0.3 is 20.1 Å². The van der Waals surface area contributed by atoms with E-state index in [1.807, 2.05) is 31.2 Å². The Bertz CT molecular complexity index is 655. The van der Waals surface area contributed by atoms with Crippen molar-refractivity contribution in [2.45, 2.75) is 19.9 Å². The molecule has 1 atom stereocenters. The Morgan fingerprint density at radius 3 is 2.96 bits per heavy atom. The van der Waals surface area contributed by atoms with Crippen LogP contribution in [0.2, 0.25) is 0 Å². The standard InChI is InChI=1S/C17H20N2O3S/c1-4-9-22-13-8-6-7-12(10-13)15-14(16(20)21-5-2)11(3)18-17(23)19-15/h4,6-8,10,15H,1,5,9H2,2-3H3,(H2,18,19,23)/t15-/m1/s1. The first-order valence-corrected chi connectivity index (χ1v) is 7.76. The average Bonchev–Trinajstić information content (AvgIpc) is 2.52. The molecule has 0 aromatic heterocycles. The van der Waals surface area contributed by atoms with Gasteiger partial charge in [-0.25, -0.2) is 4.79 Å². The first kappa shape index (κ1) is 17.0. The quantitative estimate of drug-likeness (QED) is 0.474. The molecule has 1 aromatic rings. The zero-order valence-electron chi connectivity index (χ0n) is 13.2. The van der Waals surface area contributed by atoms with Gasteiger partial charge in [-0.05, 0) is 43.8 Å². The van der Waals surface area contributed by atoms with E-state index in [0.29, 0.717) is 35.3 Å². The third-order valence-corrected chi connectivity index (χ3v) is 3.54. The summed E-state index contributed by atoms with van der Waals surface area (Å²) in [6, 6.07) is 7.14. The molecule has 1 heterocycles. The van der Waals surface area contributed by atoms with Gasteiger partial charge in [-0.2, -0.15) is 0 Å². The molecular formula is C17H20N2O3S. The molecule has 0 bridgehead atoms. The van der Waals surface area contributed by atoms with Gasteiger partial charge in [0.2, 0.25) is 0 Å². The maximum Gasteiger partial charge on any atom is 0.338 e. The monoisotopic (exact) mass is 332 g/mol. The van der Waals surface area contributed by atoms with Crippen LogP contribution in [0.3, 0.4) is 0 Å². The highest BCUT2D eigenvalue weighted by Crippen LogP contribution is 2.29. The van der Waals surface area contributed by atoms with Gasteiger partial charge >= 0.3 is 5.97 Å². The summed E-state index contributed by atoms with van der Waals surface area (Å²) >= 11 is 5.21. The second-order valence-electron chi connectivity index (χ2n) is 4.96. The molecule has 6 heteroatoms. The Hall–Kier alpha value is -2.34. The smallest absolute Gasteiger partial charge is 0.338 e. The van der Waals surface area contributed by atoms with E-state index < -0.39 is 0 Å². The van der Waals surface area contributed by atoms with Crippen LogP contribution < -0.4 is 15.4 Å². The van der Waals surface area contributed by atoms with Crippen LogP contribution in [-0.4, -0.2) is 24.3 Å². The van der Waals surface area contributed by atoms with Gasteiger partial charge in [0.25, 0.3) is 0 Å². The van der Waals surface area contributed by atoms with Crippen molar-refractivity contribution in [2.75, 3.05) is 13.2 Å². The van der Waals surface area contributed by atoms with Crippen LogP contribution in [0.1, 0.15) is 25.5 Å². The zero-order valence-corrected chi connectivity index (χ0v) is 14.0. The van der Waals surface area contributed by atoms with E-state index >= 15 is 0 Å². The van der Waals surface area contributed by atoms with Crippen LogP contribution >= 0.6 is 12.2 Å². The molecule has 0 fully saturated rings. The number of benzene rings is 1. The molecule has 5 nitrogen and oxygen atoms in total.